The predicted octanol–water partition coefficient (Wildman–Crippen LogP) is 5.24. The number of methoxy groups -OCH3 is 1. The van der Waals surface area contributed by atoms with E-state index in [9.17, 15) is 14.4 Å². The average Bonchev–Trinajstić information content (AvgIpc) is 3.61. The molecular weight excluding hydrogens is 508 g/mol. The first-order chi connectivity index (χ1) is 19.4. The van der Waals surface area contributed by atoms with Crippen molar-refractivity contribution in [3.05, 3.63) is 47.8 Å². The Morgan fingerprint density at radius 3 is 2.42 bits per heavy atom. The van der Waals surface area contributed by atoms with Gasteiger partial charge in [-0.2, -0.15) is 4.98 Å². The number of anilines is 2. The number of hydrogen-bond donors (Lipinski definition) is 2. The smallest absolute Gasteiger partial charge is 0.305 e. The molecule has 10 heteroatoms. The Morgan fingerprint density at radius 1 is 1.02 bits per heavy atom. The molecule has 1 aliphatic rings. The van der Waals surface area contributed by atoms with Crippen LogP contribution in [0.15, 0.2) is 36.5 Å². The van der Waals surface area contributed by atoms with Gasteiger partial charge >= 0.3 is 5.97 Å². The molecule has 0 bridgehead atoms. The van der Waals surface area contributed by atoms with Crippen molar-refractivity contribution in [3.63, 3.8) is 0 Å². The normalized spacial score (nSPS) is 13.4. The SMILES string of the molecule is COC(=O)CCCCCCCNC(=O)c1ccc(Nc2ncc3cc(C(=O)N(C)C)n(C4CCCC4)c3n2)cc1. The fourth-order valence-corrected chi connectivity index (χ4v) is 5.16. The molecule has 1 aromatic carbocycles. The van der Waals surface area contributed by atoms with Crippen LogP contribution in [0.5, 0.6) is 0 Å². The molecule has 214 valence electrons. The summed E-state index contributed by atoms with van der Waals surface area (Å²) in [7, 11) is 4.94. The number of carbonyl (C=O) groups excluding carboxylic acids is 3. The summed E-state index contributed by atoms with van der Waals surface area (Å²) in [5, 5.41) is 7.05. The van der Waals surface area contributed by atoms with E-state index in [0.717, 1.165) is 74.5 Å². The minimum atomic E-state index is -0.163. The lowest BCUT2D eigenvalue weighted by Crippen LogP contribution is -2.25. The Hall–Kier alpha value is -3.95. The molecule has 1 aliphatic carbocycles. The zero-order chi connectivity index (χ0) is 28.5. The molecule has 0 saturated heterocycles. The van der Waals surface area contributed by atoms with Crippen LogP contribution in [0.25, 0.3) is 11.0 Å². The highest BCUT2D eigenvalue weighted by Crippen LogP contribution is 2.35. The number of aromatic nitrogens is 3. The van der Waals surface area contributed by atoms with E-state index in [1.807, 2.05) is 18.2 Å². The summed E-state index contributed by atoms with van der Waals surface area (Å²) in [5.41, 5.74) is 2.76. The van der Waals surface area contributed by atoms with E-state index in [4.69, 9.17) is 4.98 Å². The lowest BCUT2D eigenvalue weighted by molar-refractivity contribution is -0.140. The maximum atomic E-state index is 12.9. The zero-order valence-corrected chi connectivity index (χ0v) is 23.7. The molecular formula is C30H40N6O4. The van der Waals surface area contributed by atoms with E-state index in [0.29, 0.717) is 30.2 Å². The topological polar surface area (TPSA) is 118 Å². The highest BCUT2D eigenvalue weighted by atomic mass is 16.5. The van der Waals surface area contributed by atoms with Gasteiger partial charge in [-0.3, -0.25) is 14.4 Å². The number of hydrogen-bond acceptors (Lipinski definition) is 7. The molecule has 0 spiro atoms. The number of nitrogens with zero attached hydrogens (tertiary/aromatic N) is 4. The molecule has 2 amide bonds. The Kier molecular flexibility index (Phi) is 10.1. The van der Waals surface area contributed by atoms with Crippen molar-refractivity contribution in [2.45, 2.75) is 70.3 Å². The minimum absolute atomic E-state index is 0.0380. The van der Waals surface area contributed by atoms with Crippen LogP contribution >= 0.6 is 0 Å². The quantitative estimate of drug-likeness (QED) is 0.222. The molecule has 10 nitrogen and oxygen atoms in total. The standard InChI is InChI=1S/C30H40N6O4/c1-35(2)29(39)25-19-22-20-32-30(34-27(22)36(25)24-11-8-9-12-24)33-23-16-14-21(15-17-23)28(38)31-18-10-6-4-5-7-13-26(37)40-3/h14-17,19-20,24H,4-13,18H2,1-3H3,(H,31,38)(H,32,33,34). The van der Waals surface area contributed by atoms with E-state index in [2.05, 4.69) is 24.9 Å². The monoisotopic (exact) mass is 548 g/mol. The highest BCUT2D eigenvalue weighted by molar-refractivity contribution is 5.98. The largest absolute Gasteiger partial charge is 0.469 e. The van der Waals surface area contributed by atoms with Gasteiger partial charge in [0.1, 0.15) is 11.3 Å². The van der Waals surface area contributed by atoms with Crippen LogP contribution < -0.4 is 10.6 Å². The molecule has 4 rings (SSSR count). The second-order valence-electron chi connectivity index (χ2n) is 10.6. The van der Waals surface area contributed by atoms with Crippen molar-refractivity contribution in [2.24, 2.45) is 0 Å². The number of carbonyl (C=O) groups is 3. The van der Waals surface area contributed by atoms with E-state index in [1.165, 1.54) is 7.11 Å². The Bertz CT molecular complexity index is 1310. The van der Waals surface area contributed by atoms with Crippen LogP contribution in [0, 0.1) is 0 Å². The first-order valence-electron chi connectivity index (χ1n) is 14.2. The molecule has 2 heterocycles. The Labute approximate surface area is 235 Å². The number of ether oxygens (including phenoxy) is 1. The summed E-state index contributed by atoms with van der Waals surface area (Å²) in [6.07, 6.45) is 11.3. The maximum Gasteiger partial charge on any atom is 0.305 e. The summed E-state index contributed by atoms with van der Waals surface area (Å²) >= 11 is 0. The van der Waals surface area contributed by atoms with Crippen molar-refractivity contribution in [1.82, 2.24) is 24.8 Å². The van der Waals surface area contributed by atoms with Gasteiger partial charge in [-0.1, -0.05) is 32.1 Å². The van der Waals surface area contributed by atoms with Crippen molar-refractivity contribution in [1.29, 1.82) is 0 Å². The number of fused-ring (bicyclic) bond motifs is 1. The molecule has 1 fully saturated rings. The molecule has 3 aromatic rings. The van der Waals surface area contributed by atoms with Crippen LogP contribution in [0.1, 0.15) is 91.1 Å². The molecule has 0 radical (unpaired) electrons. The van der Waals surface area contributed by atoms with Gasteiger partial charge in [0, 0.05) is 55.9 Å². The average molecular weight is 549 g/mol. The van der Waals surface area contributed by atoms with Gasteiger partial charge in [0.05, 0.1) is 7.11 Å². The number of unbranched alkanes of at least 4 members (excludes halogenated alkanes) is 4. The third-order valence-electron chi connectivity index (χ3n) is 7.37. The summed E-state index contributed by atoms with van der Waals surface area (Å²) < 4.78 is 6.73. The molecule has 2 aromatic heterocycles. The van der Waals surface area contributed by atoms with Gasteiger partial charge in [-0.05, 0) is 56.0 Å². The van der Waals surface area contributed by atoms with Gasteiger partial charge in [0.2, 0.25) is 5.95 Å². The Morgan fingerprint density at radius 2 is 1.73 bits per heavy atom. The van der Waals surface area contributed by atoms with E-state index >= 15 is 0 Å². The van der Waals surface area contributed by atoms with Crippen molar-refractivity contribution >= 4 is 40.5 Å². The predicted molar refractivity (Wildman–Crippen MR) is 155 cm³/mol. The second-order valence-corrected chi connectivity index (χ2v) is 10.6. The van der Waals surface area contributed by atoms with E-state index in [-0.39, 0.29) is 23.8 Å². The molecule has 0 aliphatic heterocycles. The van der Waals surface area contributed by atoms with Gasteiger partial charge in [-0.25, -0.2) is 4.98 Å². The second kappa shape index (κ2) is 13.9. The summed E-state index contributed by atoms with van der Waals surface area (Å²) in [5.74, 6) is 0.132. The fraction of sp³-hybridized carbons (Fsp3) is 0.500. The number of benzene rings is 1. The van der Waals surface area contributed by atoms with E-state index in [1.54, 1.807) is 37.3 Å². The number of amides is 2. The van der Waals surface area contributed by atoms with Crippen molar-refractivity contribution in [3.8, 4) is 0 Å². The van der Waals surface area contributed by atoms with Gasteiger partial charge in [0.15, 0.2) is 0 Å². The van der Waals surface area contributed by atoms with Crippen LogP contribution in [0.2, 0.25) is 0 Å². The molecule has 40 heavy (non-hydrogen) atoms. The van der Waals surface area contributed by atoms with E-state index < -0.39 is 0 Å². The van der Waals surface area contributed by atoms with Gasteiger partial charge < -0.3 is 24.8 Å². The zero-order valence-electron chi connectivity index (χ0n) is 23.7. The highest BCUT2D eigenvalue weighted by Gasteiger charge is 2.26. The first kappa shape index (κ1) is 29.0. The number of rotatable bonds is 13. The third-order valence-corrected chi connectivity index (χ3v) is 7.37. The van der Waals surface area contributed by atoms with Crippen LogP contribution in [0.3, 0.4) is 0 Å². The molecule has 2 N–H and O–H groups in total. The van der Waals surface area contributed by atoms with Crippen LogP contribution in [-0.2, 0) is 9.53 Å². The fourth-order valence-electron chi connectivity index (χ4n) is 5.16. The van der Waals surface area contributed by atoms with Gasteiger partial charge in [0.25, 0.3) is 11.8 Å². The lowest BCUT2D eigenvalue weighted by Gasteiger charge is -2.19. The van der Waals surface area contributed by atoms with Crippen molar-refractivity contribution < 1.29 is 19.1 Å². The molecule has 1 saturated carbocycles. The molecule has 0 atom stereocenters. The summed E-state index contributed by atoms with van der Waals surface area (Å²) in [6, 6.07) is 9.36. The van der Waals surface area contributed by atoms with Crippen molar-refractivity contribution in [2.75, 3.05) is 33.1 Å². The molecule has 0 unspecified atom stereocenters. The third kappa shape index (κ3) is 7.37. The van der Waals surface area contributed by atoms with Gasteiger partial charge in [-0.15, -0.1) is 0 Å². The number of esters is 1. The van der Waals surface area contributed by atoms with Crippen LogP contribution in [-0.4, -0.2) is 65.0 Å². The lowest BCUT2D eigenvalue weighted by atomic mass is 10.1. The summed E-state index contributed by atoms with van der Waals surface area (Å²) in [4.78, 5) is 47.4. The first-order valence-corrected chi connectivity index (χ1v) is 14.2. The maximum absolute atomic E-state index is 12.9. The Balaban J connectivity index is 1.33. The minimum Gasteiger partial charge on any atom is -0.469 e. The van der Waals surface area contributed by atoms with Crippen LogP contribution in [0.4, 0.5) is 11.6 Å². The number of nitrogens with one attached hydrogen (secondary N) is 2. The summed E-state index contributed by atoms with van der Waals surface area (Å²) in [6.45, 7) is 0.614.